The molecule has 0 aromatic heterocycles. The van der Waals surface area contributed by atoms with Gasteiger partial charge < -0.3 is 10.1 Å². The highest BCUT2D eigenvalue weighted by Gasteiger charge is 2.51. The summed E-state index contributed by atoms with van der Waals surface area (Å²) in [6.07, 6.45) is 0.267. The quantitative estimate of drug-likeness (QED) is 0.466. The molecule has 0 fully saturated rings. The van der Waals surface area contributed by atoms with Crippen LogP contribution in [0.1, 0.15) is 11.1 Å². The molecule has 0 aliphatic carbocycles. The van der Waals surface area contributed by atoms with Gasteiger partial charge in [0.25, 0.3) is 0 Å². The van der Waals surface area contributed by atoms with Crippen LogP contribution >= 0.6 is 0 Å². The fraction of sp³-hybridized carbons (Fsp3) is 0.333. The predicted octanol–water partition coefficient (Wildman–Crippen LogP) is 1.87. The van der Waals surface area contributed by atoms with Crippen molar-refractivity contribution in [3.8, 4) is 11.8 Å². The third kappa shape index (κ3) is 6.97. The van der Waals surface area contributed by atoms with Gasteiger partial charge in [0.1, 0.15) is 12.3 Å². The monoisotopic (exact) mass is 500 g/mol. The molecule has 2 aromatic carbocycles. The minimum Gasteiger partial charge on any atom is -0.435 e. The van der Waals surface area contributed by atoms with E-state index in [-0.39, 0.29) is 11.3 Å². The van der Waals surface area contributed by atoms with E-state index in [4.69, 9.17) is 5.26 Å². The second-order valence-electron chi connectivity index (χ2n) is 7.29. The average Bonchev–Trinajstić information content (AvgIpc) is 2.72. The second kappa shape index (κ2) is 10.7. The summed E-state index contributed by atoms with van der Waals surface area (Å²) in [6, 6.07) is 14.8. The van der Waals surface area contributed by atoms with Gasteiger partial charge in [0.2, 0.25) is 5.91 Å². The zero-order valence-corrected chi connectivity index (χ0v) is 19.2. The Balaban J connectivity index is 2.53. The van der Waals surface area contributed by atoms with Crippen LogP contribution in [0.4, 0.5) is 8.78 Å². The Morgan fingerprint density at radius 2 is 1.70 bits per heavy atom. The largest absolute Gasteiger partial charge is 0.435 e. The Labute approximate surface area is 191 Å². The van der Waals surface area contributed by atoms with Crippen LogP contribution in [0.2, 0.25) is 0 Å². The van der Waals surface area contributed by atoms with Crippen LogP contribution in [0.25, 0.3) is 0 Å². The standard InChI is InChI=1S/C21H22F2N2O6S2/c1-32(27,28)21(19(26)25-12-11-24,13-16-7-3-2-4-8-16)15-33(29,30)14-17-9-5-6-10-18(17)31-20(22)23/h2-10,20H,12-15H2,1H3,(H,25,26). The molecule has 0 saturated carbocycles. The summed E-state index contributed by atoms with van der Waals surface area (Å²) >= 11 is 0. The van der Waals surface area contributed by atoms with Crippen molar-refractivity contribution in [3.63, 3.8) is 0 Å². The lowest BCUT2D eigenvalue weighted by molar-refractivity contribution is -0.122. The Hall–Kier alpha value is -3.04. The molecule has 0 aliphatic rings. The van der Waals surface area contributed by atoms with Crippen LogP contribution in [0.15, 0.2) is 54.6 Å². The van der Waals surface area contributed by atoms with E-state index in [1.807, 2.05) is 0 Å². The second-order valence-corrected chi connectivity index (χ2v) is 11.7. The Bertz CT molecular complexity index is 1230. The first-order valence-electron chi connectivity index (χ1n) is 9.52. The first kappa shape index (κ1) is 26.2. The van der Waals surface area contributed by atoms with E-state index < -0.39 is 61.4 Å². The number of carbonyl (C=O) groups excluding carboxylic acids is 1. The maximum Gasteiger partial charge on any atom is 0.387 e. The Morgan fingerprint density at radius 3 is 2.27 bits per heavy atom. The molecule has 0 saturated heterocycles. The summed E-state index contributed by atoms with van der Waals surface area (Å²) in [5.74, 6) is -3.49. The van der Waals surface area contributed by atoms with Crippen LogP contribution in [-0.4, -0.2) is 52.7 Å². The summed E-state index contributed by atoms with van der Waals surface area (Å²) in [5, 5.41) is 11.0. The molecular formula is C21H22F2N2O6S2. The summed E-state index contributed by atoms with van der Waals surface area (Å²) < 4.78 is 79.3. The van der Waals surface area contributed by atoms with Crippen LogP contribution in [0.3, 0.4) is 0 Å². The zero-order chi connectivity index (χ0) is 24.7. The zero-order valence-electron chi connectivity index (χ0n) is 17.6. The first-order valence-corrected chi connectivity index (χ1v) is 13.2. The normalized spacial score (nSPS) is 13.7. The van der Waals surface area contributed by atoms with E-state index >= 15 is 0 Å². The van der Waals surface area contributed by atoms with Crippen LogP contribution in [0, 0.1) is 11.3 Å². The number of alkyl halides is 2. The fourth-order valence-corrected chi connectivity index (χ4v) is 7.28. The molecule has 0 bridgehead atoms. The smallest absolute Gasteiger partial charge is 0.387 e. The number of nitrogens with zero attached hydrogens (tertiary/aromatic N) is 1. The maximum absolute atomic E-state index is 13.1. The van der Waals surface area contributed by atoms with Crippen LogP contribution < -0.4 is 10.1 Å². The number of halogens is 2. The highest BCUT2D eigenvalue weighted by atomic mass is 32.2. The maximum atomic E-state index is 13.1. The van der Waals surface area contributed by atoms with Gasteiger partial charge in [-0.3, -0.25) is 4.79 Å². The number of hydrogen-bond acceptors (Lipinski definition) is 7. The van der Waals surface area contributed by atoms with Crippen molar-refractivity contribution in [3.05, 3.63) is 65.7 Å². The lowest BCUT2D eigenvalue weighted by Crippen LogP contribution is -2.58. The molecule has 178 valence electrons. The molecule has 12 heteroatoms. The van der Waals surface area contributed by atoms with Crippen molar-refractivity contribution in [2.24, 2.45) is 0 Å². The number of ether oxygens (including phenoxy) is 1. The highest BCUT2D eigenvalue weighted by Crippen LogP contribution is 2.29. The summed E-state index contributed by atoms with van der Waals surface area (Å²) in [4.78, 5) is 13.0. The summed E-state index contributed by atoms with van der Waals surface area (Å²) in [6.45, 7) is -3.73. The van der Waals surface area contributed by atoms with Gasteiger partial charge in [-0.05, 0) is 11.6 Å². The molecule has 1 amide bonds. The van der Waals surface area contributed by atoms with Crippen molar-refractivity contribution in [1.82, 2.24) is 5.32 Å². The van der Waals surface area contributed by atoms with Crippen molar-refractivity contribution in [2.75, 3.05) is 18.6 Å². The molecule has 33 heavy (non-hydrogen) atoms. The molecule has 0 heterocycles. The Kier molecular flexibility index (Phi) is 8.51. The molecule has 8 nitrogen and oxygen atoms in total. The molecule has 1 unspecified atom stereocenters. The highest BCUT2D eigenvalue weighted by molar-refractivity contribution is 7.96. The van der Waals surface area contributed by atoms with Crippen LogP contribution in [0.5, 0.6) is 5.75 Å². The van der Waals surface area contributed by atoms with E-state index in [1.165, 1.54) is 30.3 Å². The van der Waals surface area contributed by atoms with Gasteiger partial charge in [0, 0.05) is 18.2 Å². The first-order chi connectivity index (χ1) is 15.4. The molecule has 2 rings (SSSR count). The number of carbonyl (C=O) groups is 1. The van der Waals surface area contributed by atoms with Crippen molar-refractivity contribution in [1.29, 1.82) is 5.26 Å². The van der Waals surface area contributed by atoms with Crippen molar-refractivity contribution < 1.29 is 35.1 Å². The van der Waals surface area contributed by atoms with Gasteiger partial charge >= 0.3 is 6.61 Å². The third-order valence-corrected chi connectivity index (χ3v) is 8.56. The molecule has 0 aliphatic heterocycles. The number of nitrogens with one attached hydrogen (secondary N) is 1. The Morgan fingerprint density at radius 1 is 1.09 bits per heavy atom. The van der Waals surface area contributed by atoms with Crippen LogP contribution in [-0.2, 0) is 36.6 Å². The van der Waals surface area contributed by atoms with Crippen molar-refractivity contribution in [2.45, 2.75) is 23.5 Å². The van der Waals surface area contributed by atoms with Gasteiger partial charge in [-0.25, -0.2) is 16.8 Å². The van der Waals surface area contributed by atoms with E-state index in [9.17, 15) is 30.4 Å². The van der Waals surface area contributed by atoms with Gasteiger partial charge in [-0.1, -0.05) is 48.5 Å². The molecule has 2 aromatic rings. The number of nitriles is 1. The minimum absolute atomic E-state index is 0.114. The number of amides is 1. The summed E-state index contributed by atoms with van der Waals surface area (Å²) in [5.41, 5.74) is 0.268. The molecule has 1 N–H and O–H groups in total. The SMILES string of the molecule is CS(=O)(=O)C(Cc1ccccc1)(CS(=O)(=O)Cc1ccccc1OC(F)F)C(=O)NCC#N. The number of para-hydroxylation sites is 1. The fourth-order valence-electron chi connectivity index (χ4n) is 3.29. The number of benzene rings is 2. The lowest BCUT2D eigenvalue weighted by atomic mass is 9.99. The molecule has 1 atom stereocenters. The van der Waals surface area contributed by atoms with Gasteiger partial charge in [0.15, 0.2) is 24.4 Å². The van der Waals surface area contributed by atoms with Gasteiger partial charge in [-0.15, -0.1) is 0 Å². The van der Waals surface area contributed by atoms with Gasteiger partial charge in [-0.2, -0.15) is 14.0 Å². The van der Waals surface area contributed by atoms with E-state index in [2.05, 4.69) is 10.1 Å². The lowest BCUT2D eigenvalue weighted by Gasteiger charge is -2.30. The van der Waals surface area contributed by atoms with E-state index in [1.54, 1.807) is 24.3 Å². The third-order valence-electron chi connectivity index (χ3n) is 4.80. The minimum atomic E-state index is -4.37. The number of sulfone groups is 2. The van der Waals surface area contributed by atoms with Gasteiger partial charge in [0.05, 0.1) is 17.6 Å². The molecule has 0 spiro atoms. The summed E-state index contributed by atoms with van der Waals surface area (Å²) in [7, 11) is -8.73. The van der Waals surface area contributed by atoms with E-state index in [0.717, 1.165) is 12.3 Å². The van der Waals surface area contributed by atoms with Crippen molar-refractivity contribution >= 4 is 25.6 Å². The average molecular weight is 501 g/mol. The predicted molar refractivity (Wildman–Crippen MR) is 117 cm³/mol. The number of hydrogen-bond donors (Lipinski definition) is 1. The number of rotatable bonds is 11. The molecule has 0 radical (unpaired) electrons. The van der Waals surface area contributed by atoms with E-state index in [0.29, 0.717) is 5.56 Å². The topological polar surface area (TPSA) is 130 Å². The molecular weight excluding hydrogens is 478 g/mol.